The second-order valence-corrected chi connectivity index (χ2v) is 8.76. The van der Waals surface area contributed by atoms with Crippen molar-refractivity contribution in [2.45, 2.75) is 64.6 Å². The van der Waals surface area contributed by atoms with Crippen molar-refractivity contribution in [1.29, 1.82) is 0 Å². The van der Waals surface area contributed by atoms with E-state index in [4.69, 9.17) is 5.73 Å². The Morgan fingerprint density at radius 1 is 1.13 bits per heavy atom. The summed E-state index contributed by atoms with van der Waals surface area (Å²) in [5, 5.41) is 1.52. The first-order chi connectivity index (χ1) is 14.1. The molecule has 4 nitrogen and oxygen atoms in total. The Balaban J connectivity index is 1.93. The number of halogens is 3. The number of alkyl halides is 3. The molecule has 30 heavy (non-hydrogen) atoms. The fourth-order valence-corrected chi connectivity index (χ4v) is 4.57. The van der Waals surface area contributed by atoms with Gasteiger partial charge in [0.05, 0.1) is 0 Å². The number of benzene rings is 1. The Morgan fingerprint density at radius 2 is 1.87 bits per heavy atom. The van der Waals surface area contributed by atoms with E-state index in [2.05, 4.69) is 4.90 Å². The first kappa shape index (κ1) is 22.7. The van der Waals surface area contributed by atoms with Crippen LogP contribution in [0.15, 0.2) is 23.0 Å². The van der Waals surface area contributed by atoms with Crippen molar-refractivity contribution < 1.29 is 13.2 Å². The monoisotopic (exact) mass is 423 g/mol. The Morgan fingerprint density at radius 3 is 2.53 bits per heavy atom. The van der Waals surface area contributed by atoms with Gasteiger partial charge in [-0.3, -0.25) is 9.36 Å². The van der Waals surface area contributed by atoms with Crippen LogP contribution in [0.25, 0.3) is 10.8 Å². The molecule has 1 aromatic heterocycles. The van der Waals surface area contributed by atoms with E-state index in [0.717, 1.165) is 48.1 Å². The summed E-state index contributed by atoms with van der Waals surface area (Å²) in [6.07, 6.45) is -1.28. The number of nitrogens with two attached hydrogens (primary N) is 1. The zero-order valence-corrected chi connectivity index (χ0v) is 18.1. The van der Waals surface area contributed by atoms with Crippen molar-refractivity contribution in [3.63, 3.8) is 0 Å². The lowest BCUT2D eigenvalue weighted by atomic mass is 9.91. The van der Waals surface area contributed by atoms with Gasteiger partial charge in [0.25, 0.3) is 5.56 Å². The quantitative estimate of drug-likeness (QED) is 0.735. The standard InChI is InChI=1S/C23H32F3N3O/c1-15-12-18(16(2)27)19-14-21(28(3)22(30)20(19)13-15)29-10-5-4-6-17(8-11-29)7-9-23(24,25)26/h12-14,16-17H,4-11,27H2,1-3H3/t16-,17?/m1/s1. The van der Waals surface area contributed by atoms with Crippen LogP contribution < -0.4 is 16.2 Å². The number of pyridine rings is 1. The van der Waals surface area contributed by atoms with E-state index in [1.165, 1.54) is 0 Å². The Hall–Kier alpha value is -2.02. The van der Waals surface area contributed by atoms with Crippen molar-refractivity contribution in [2.75, 3.05) is 18.0 Å². The highest BCUT2D eigenvalue weighted by Gasteiger charge is 2.29. The number of anilines is 1. The summed E-state index contributed by atoms with van der Waals surface area (Å²) in [7, 11) is 1.77. The maximum absolute atomic E-state index is 13.1. The molecular weight excluding hydrogens is 391 g/mol. The molecule has 0 spiro atoms. The summed E-state index contributed by atoms with van der Waals surface area (Å²) in [6.45, 7) is 5.32. The number of aromatic nitrogens is 1. The lowest BCUT2D eigenvalue weighted by Crippen LogP contribution is -2.34. The lowest BCUT2D eigenvalue weighted by molar-refractivity contribution is -0.137. The van der Waals surface area contributed by atoms with Gasteiger partial charge in [-0.2, -0.15) is 13.2 Å². The molecule has 0 aliphatic carbocycles. The van der Waals surface area contributed by atoms with Crippen LogP contribution in [-0.2, 0) is 7.05 Å². The fraction of sp³-hybridized carbons (Fsp3) is 0.609. The third-order valence-corrected chi connectivity index (χ3v) is 6.26. The molecule has 3 rings (SSSR count). The molecular formula is C23H32F3N3O. The average molecular weight is 424 g/mol. The van der Waals surface area contributed by atoms with Crippen molar-refractivity contribution in [1.82, 2.24) is 4.57 Å². The Labute approximate surface area is 175 Å². The first-order valence-corrected chi connectivity index (χ1v) is 10.8. The maximum atomic E-state index is 13.1. The minimum absolute atomic E-state index is 0.0641. The number of hydrogen-bond donors (Lipinski definition) is 1. The SMILES string of the molecule is Cc1cc([C@@H](C)N)c2cc(N3CCCCC(CCC(F)(F)F)CC3)n(C)c(=O)c2c1. The average Bonchev–Trinajstić information content (AvgIpc) is 2.63. The molecule has 0 saturated carbocycles. The molecule has 1 fully saturated rings. The van der Waals surface area contributed by atoms with E-state index in [-0.39, 0.29) is 23.9 Å². The number of nitrogens with zero attached hydrogens (tertiary/aromatic N) is 2. The van der Waals surface area contributed by atoms with Gasteiger partial charge in [0.1, 0.15) is 5.82 Å². The van der Waals surface area contributed by atoms with E-state index < -0.39 is 12.6 Å². The van der Waals surface area contributed by atoms with Crippen molar-refractivity contribution in [3.8, 4) is 0 Å². The van der Waals surface area contributed by atoms with Crippen LogP contribution in [0.1, 0.15) is 62.6 Å². The van der Waals surface area contributed by atoms with Gasteiger partial charge in [-0.1, -0.05) is 18.9 Å². The van der Waals surface area contributed by atoms with Gasteiger partial charge in [-0.05, 0) is 67.7 Å². The molecule has 2 aromatic rings. The van der Waals surface area contributed by atoms with E-state index in [9.17, 15) is 18.0 Å². The van der Waals surface area contributed by atoms with Gasteiger partial charge in [0.15, 0.2) is 0 Å². The summed E-state index contributed by atoms with van der Waals surface area (Å²) in [5.74, 6) is 0.879. The minimum atomic E-state index is -4.10. The van der Waals surface area contributed by atoms with E-state index in [1.807, 2.05) is 32.0 Å². The summed E-state index contributed by atoms with van der Waals surface area (Å²) in [6, 6.07) is 5.75. The van der Waals surface area contributed by atoms with Gasteiger partial charge < -0.3 is 10.6 Å². The van der Waals surface area contributed by atoms with Gasteiger partial charge in [-0.25, -0.2) is 0 Å². The van der Waals surface area contributed by atoms with Crippen LogP contribution in [0.4, 0.5) is 19.0 Å². The highest BCUT2D eigenvalue weighted by molar-refractivity contribution is 5.88. The minimum Gasteiger partial charge on any atom is -0.358 e. The zero-order chi connectivity index (χ0) is 22.1. The molecule has 1 unspecified atom stereocenters. The highest BCUT2D eigenvalue weighted by Crippen LogP contribution is 2.31. The molecule has 1 aliphatic heterocycles. The zero-order valence-electron chi connectivity index (χ0n) is 18.1. The van der Waals surface area contributed by atoms with E-state index in [1.54, 1.807) is 11.6 Å². The second-order valence-electron chi connectivity index (χ2n) is 8.76. The summed E-state index contributed by atoms with van der Waals surface area (Å²) < 4.78 is 39.6. The van der Waals surface area contributed by atoms with Crippen LogP contribution >= 0.6 is 0 Å². The van der Waals surface area contributed by atoms with Crippen molar-refractivity contribution in [3.05, 3.63) is 39.7 Å². The first-order valence-electron chi connectivity index (χ1n) is 10.8. The summed E-state index contributed by atoms with van der Waals surface area (Å²) >= 11 is 0. The van der Waals surface area contributed by atoms with E-state index >= 15 is 0 Å². The predicted octanol–water partition coefficient (Wildman–Crippen LogP) is 5.21. The number of aryl methyl sites for hydroxylation is 1. The normalized spacial score (nSPS) is 19.6. The molecule has 2 atom stereocenters. The molecule has 1 aliphatic rings. The fourth-order valence-electron chi connectivity index (χ4n) is 4.57. The number of fused-ring (bicyclic) bond motifs is 1. The van der Waals surface area contributed by atoms with Gasteiger partial charge in [0.2, 0.25) is 0 Å². The third kappa shape index (κ3) is 5.17. The van der Waals surface area contributed by atoms with Crippen LogP contribution in [0.3, 0.4) is 0 Å². The highest BCUT2D eigenvalue weighted by atomic mass is 19.4. The Bertz CT molecular complexity index is 949. The molecule has 0 amide bonds. The van der Waals surface area contributed by atoms with Crippen molar-refractivity contribution in [2.24, 2.45) is 18.7 Å². The van der Waals surface area contributed by atoms with Crippen LogP contribution in [-0.4, -0.2) is 23.8 Å². The molecule has 7 heteroatoms. The molecule has 2 heterocycles. The van der Waals surface area contributed by atoms with Crippen molar-refractivity contribution >= 4 is 16.6 Å². The van der Waals surface area contributed by atoms with Gasteiger partial charge in [0, 0.05) is 38.0 Å². The maximum Gasteiger partial charge on any atom is 0.389 e. The number of hydrogen-bond acceptors (Lipinski definition) is 3. The second kappa shape index (κ2) is 9.00. The third-order valence-electron chi connectivity index (χ3n) is 6.26. The summed E-state index contributed by atoms with van der Waals surface area (Å²) in [5.41, 5.74) is 8.06. The molecule has 2 N–H and O–H groups in total. The van der Waals surface area contributed by atoms with E-state index in [0.29, 0.717) is 18.4 Å². The van der Waals surface area contributed by atoms with Crippen LogP contribution in [0, 0.1) is 12.8 Å². The van der Waals surface area contributed by atoms with Gasteiger partial charge in [-0.15, -0.1) is 0 Å². The Kier molecular flexibility index (Phi) is 6.80. The summed E-state index contributed by atoms with van der Waals surface area (Å²) in [4.78, 5) is 15.3. The van der Waals surface area contributed by atoms with Gasteiger partial charge >= 0.3 is 6.18 Å². The predicted molar refractivity (Wildman–Crippen MR) is 116 cm³/mol. The molecule has 0 bridgehead atoms. The number of rotatable bonds is 4. The molecule has 1 saturated heterocycles. The topological polar surface area (TPSA) is 51.3 Å². The molecule has 166 valence electrons. The largest absolute Gasteiger partial charge is 0.389 e. The smallest absolute Gasteiger partial charge is 0.358 e. The molecule has 1 aromatic carbocycles. The molecule has 0 radical (unpaired) electrons. The van der Waals surface area contributed by atoms with Crippen LogP contribution in [0.5, 0.6) is 0 Å². The lowest BCUT2D eigenvalue weighted by Gasteiger charge is -2.31. The van der Waals surface area contributed by atoms with Crippen LogP contribution in [0.2, 0.25) is 0 Å².